The lowest BCUT2D eigenvalue weighted by atomic mass is 9.47. The molecule has 3 saturated carbocycles. The molecule has 5 rings (SSSR count). The highest BCUT2D eigenvalue weighted by Gasteiger charge is 2.73. The summed E-state index contributed by atoms with van der Waals surface area (Å²) in [7, 11) is 0. The second-order valence-corrected chi connectivity index (χ2v) is 12.6. The molecule has 2 heteroatoms. The van der Waals surface area contributed by atoms with Crippen LogP contribution in [0.5, 0.6) is 0 Å². The van der Waals surface area contributed by atoms with Crippen LogP contribution in [0.3, 0.4) is 0 Å². The Kier molecular flexibility index (Phi) is 4.92. The molecule has 1 spiro atoms. The van der Waals surface area contributed by atoms with Crippen LogP contribution in [0.1, 0.15) is 86.5 Å². The molecule has 0 aromatic rings. The molecule has 0 amide bonds. The molecule has 5 aliphatic rings. The molecule has 1 N–H and O–H groups in total. The van der Waals surface area contributed by atoms with Gasteiger partial charge in [0.1, 0.15) is 11.7 Å². The van der Waals surface area contributed by atoms with Gasteiger partial charge in [0.25, 0.3) is 0 Å². The first kappa shape index (κ1) is 21.3. The number of epoxide rings is 1. The van der Waals surface area contributed by atoms with Gasteiger partial charge in [-0.1, -0.05) is 65.3 Å². The average Bonchev–Trinajstić information content (AvgIpc) is 3.27. The minimum atomic E-state index is -0.163. The van der Waals surface area contributed by atoms with Gasteiger partial charge in [0.05, 0.1) is 6.10 Å². The summed E-state index contributed by atoms with van der Waals surface area (Å²) >= 11 is 0. The van der Waals surface area contributed by atoms with Crippen LogP contribution in [0, 0.1) is 46.3 Å². The third-order valence-corrected chi connectivity index (χ3v) is 10.9. The maximum Gasteiger partial charge on any atom is 0.107 e. The van der Waals surface area contributed by atoms with E-state index >= 15 is 0 Å². The Hall–Kier alpha value is -0.600. The molecule has 168 valence electrons. The Labute approximate surface area is 184 Å². The van der Waals surface area contributed by atoms with E-state index in [4.69, 9.17) is 4.74 Å². The van der Waals surface area contributed by atoms with Crippen molar-refractivity contribution < 1.29 is 9.84 Å². The lowest BCUT2D eigenvalue weighted by Crippen LogP contribution is -2.55. The van der Waals surface area contributed by atoms with E-state index in [0.717, 1.165) is 37.0 Å². The topological polar surface area (TPSA) is 32.8 Å². The third kappa shape index (κ3) is 2.81. The first-order chi connectivity index (χ1) is 14.1. The Morgan fingerprint density at radius 3 is 2.50 bits per heavy atom. The number of hydrogen-bond acceptors (Lipinski definition) is 2. The number of ether oxygens (including phenoxy) is 1. The monoisotopic (exact) mass is 412 g/mol. The quantitative estimate of drug-likeness (QED) is 0.420. The van der Waals surface area contributed by atoms with E-state index in [2.05, 4.69) is 59.8 Å². The average molecular weight is 413 g/mol. The molecule has 2 nitrogen and oxygen atoms in total. The summed E-state index contributed by atoms with van der Waals surface area (Å²) in [5.41, 5.74) is 2.38. The van der Waals surface area contributed by atoms with Gasteiger partial charge in [0, 0.05) is 11.8 Å². The third-order valence-electron chi connectivity index (χ3n) is 10.9. The molecule has 2 unspecified atom stereocenters. The predicted octanol–water partition coefficient (Wildman–Crippen LogP) is 6.54. The van der Waals surface area contributed by atoms with Crippen molar-refractivity contribution in [3.8, 4) is 0 Å². The lowest BCUT2D eigenvalue weighted by Gasteiger charge is -2.56. The van der Waals surface area contributed by atoms with E-state index < -0.39 is 0 Å². The molecule has 4 aliphatic carbocycles. The van der Waals surface area contributed by atoms with Gasteiger partial charge in [0.15, 0.2) is 0 Å². The standard InChI is InChI=1S/C28H44O2/c1-17(2)18(3)7-8-19(4)22-9-10-23-21-15-25-28(30-25)16-20(29)11-14-27(28,6)24(21)12-13-26(22,23)5/h7-8,15,17-20,22-25,29H,9-14,16H2,1-6H3/b8-7+/t18-,19+,20-,22+,23-,24-,25?,26+,27+,28?/m0/s1. The Morgan fingerprint density at radius 2 is 1.77 bits per heavy atom. The number of rotatable bonds is 4. The van der Waals surface area contributed by atoms with Crippen molar-refractivity contribution in [1.29, 1.82) is 0 Å². The van der Waals surface area contributed by atoms with E-state index in [1.54, 1.807) is 5.57 Å². The fourth-order valence-electron chi connectivity index (χ4n) is 8.52. The normalized spacial score (nSPS) is 51.6. The number of aliphatic hydroxyl groups excluding tert-OH is 1. The fraction of sp³-hybridized carbons (Fsp3) is 0.857. The molecule has 0 radical (unpaired) electrons. The molecule has 30 heavy (non-hydrogen) atoms. The lowest BCUT2D eigenvalue weighted by molar-refractivity contribution is -0.0527. The number of allylic oxidation sites excluding steroid dienone is 3. The summed E-state index contributed by atoms with van der Waals surface area (Å²) in [6, 6.07) is 0. The predicted molar refractivity (Wildman–Crippen MR) is 123 cm³/mol. The van der Waals surface area contributed by atoms with Crippen LogP contribution in [0.4, 0.5) is 0 Å². The second-order valence-electron chi connectivity index (χ2n) is 12.6. The van der Waals surface area contributed by atoms with Crippen LogP contribution in [0.15, 0.2) is 23.8 Å². The molecule has 10 atom stereocenters. The van der Waals surface area contributed by atoms with Crippen LogP contribution in [0.25, 0.3) is 0 Å². The van der Waals surface area contributed by atoms with Gasteiger partial charge in [-0.15, -0.1) is 0 Å². The highest BCUT2D eigenvalue weighted by atomic mass is 16.6. The smallest absolute Gasteiger partial charge is 0.107 e. The summed E-state index contributed by atoms with van der Waals surface area (Å²) in [4.78, 5) is 0. The first-order valence-electron chi connectivity index (χ1n) is 12.9. The Morgan fingerprint density at radius 1 is 1.00 bits per heavy atom. The van der Waals surface area contributed by atoms with Crippen molar-refractivity contribution in [2.75, 3.05) is 0 Å². The van der Waals surface area contributed by atoms with Gasteiger partial charge in [-0.25, -0.2) is 0 Å². The van der Waals surface area contributed by atoms with Gasteiger partial charge in [-0.3, -0.25) is 0 Å². The first-order valence-corrected chi connectivity index (χ1v) is 12.9. The zero-order chi connectivity index (χ0) is 21.5. The van der Waals surface area contributed by atoms with Crippen molar-refractivity contribution in [3.63, 3.8) is 0 Å². The minimum Gasteiger partial charge on any atom is -0.393 e. The maximum atomic E-state index is 10.4. The second kappa shape index (κ2) is 6.95. The molecule has 0 aromatic carbocycles. The van der Waals surface area contributed by atoms with Gasteiger partial charge in [0.2, 0.25) is 0 Å². The van der Waals surface area contributed by atoms with Crippen molar-refractivity contribution in [2.24, 2.45) is 46.3 Å². The largest absolute Gasteiger partial charge is 0.393 e. The number of aliphatic hydroxyl groups is 1. The van der Waals surface area contributed by atoms with E-state index in [1.807, 2.05) is 0 Å². The molecular weight excluding hydrogens is 368 g/mol. The van der Waals surface area contributed by atoms with Crippen molar-refractivity contribution in [3.05, 3.63) is 23.8 Å². The zero-order valence-electron chi connectivity index (χ0n) is 20.2. The molecule has 4 fully saturated rings. The maximum absolute atomic E-state index is 10.4. The highest BCUT2D eigenvalue weighted by molar-refractivity contribution is 5.38. The fourth-order valence-corrected chi connectivity index (χ4v) is 8.52. The van der Waals surface area contributed by atoms with Crippen molar-refractivity contribution in [1.82, 2.24) is 0 Å². The summed E-state index contributed by atoms with van der Waals surface area (Å²) in [6.07, 6.45) is 16.0. The number of hydrogen-bond donors (Lipinski definition) is 1. The van der Waals surface area contributed by atoms with Crippen LogP contribution >= 0.6 is 0 Å². The van der Waals surface area contributed by atoms with Gasteiger partial charge in [-0.05, 0) is 79.4 Å². The van der Waals surface area contributed by atoms with E-state index in [9.17, 15) is 5.11 Å². The molecule has 1 saturated heterocycles. The summed E-state index contributed by atoms with van der Waals surface area (Å²) in [5.74, 6) is 4.26. The van der Waals surface area contributed by atoms with Crippen molar-refractivity contribution in [2.45, 2.75) is 104 Å². The summed E-state index contributed by atoms with van der Waals surface area (Å²) < 4.78 is 6.43. The van der Waals surface area contributed by atoms with Gasteiger partial charge < -0.3 is 9.84 Å². The van der Waals surface area contributed by atoms with E-state index in [1.165, 1.54) is 25.7 Å². The van der Waals surface area contributed by atoms with E-state index in [0.29, 0.717) is 23.2 Å². The molecular formula is C28H44O2. The van der Waals surface area contributed by atoms with Crippen molar-refractivity contribution >= 4 is 0 Å². The molecule has 0 bridgehead atoms. The van der Waals surface area contributed by atoms with E-state index in [-0.39, 0.29) is 23.2 Å². The van der Waals surface area contributed by atoms with Crippen LogP contribution in [0.2, 0.25) is 0 Å². The minimum absolute atomic E-state index is 0.0480. The Bertz CT molecular complexity index is 752. The molecule has 1 aliphatic heterocycles. The summed E-state index contributed by atoms with van der Waals surface area (Å²) in [5, 5.41) is 10.4. The zero-order valence-corrected chi connectivity index (χ0v) is 20.2. The highest BCUT2D eigenvalue weighted by Crippen LogP contribution is 2.72. The Balaban J connectivity index is 1.40. The number of fused-ring (bicyclic) bond motifs is 4. The van der Waals surface area contributed by atoms with Gasteiger partial charge in [-0.2, -0.15) is 0 Å². The van der Waals surface area contributed by atoms with Crippen LogP contribution < -0.4 is 0 Å². The SMILES string of the molecule is CC(C)[C@@H](C)/C=C/[C@@H](C)[C@H]1CC[C@H]2C3=CC4OC45C[C@@H](O)CC[C@]5(C)[C@H]3CC[C@]12C. The van der Waals surface area contributed by atoms with Crippen LogP contribution in [-0.2, 0) is 4.74 Å². The van der Waals surface area contributed by atoms with Crippen LogP contribution in [-0.4, -0.2) is 22.9 Å². The summed E-state index contributed by atoms with van der Waals surface area (Å²) in [6.45, 7) is 14.6. The molecule has 0 aromatic heterocycles. The molecule has 1 heterocycles. The van der Waals surface area contributed by atoms with Gasteiger partial charge >= 0.3 is 0 Å².